The van der Waals surface area contributed by atoms with Crippen LogP contribution < -0.4 is 0 Å². The Bertz CT molecular complexity index is 284. The Labute approximate surface area is 114 Å². The van der Waals surface area contributed by atoms with Crippen LogP contribution in [0.4, 0.5) is 0 Å². The van der Waals surface area contributed by atoms with Crippen LogP contribution in [0.25, 0.3) is 0 Å². The maximum Gasteiger partial charge on any atom is 0.184 e. The van der Waals surface area contributed by atoms with E-state index in [1.807, 2.05) is 0 Å². The van der Waals surface area contributed by atoms with Gasteiger partial charge in [0.2, 0.25) is 0 Å². The van der Waals surface area contributed by atoms with Crippen LogP contribution >= 0.6 is 0 Å². The predicted octanol–water partition coefficient (Wildman–Crippen LogP) is -5.16. The van der Waals surface area contributed by atoms with Gasteiger partial charge in [-0.3, -0.25) is 0 Å². The van der Waals surface area contributed by atoms with E-state index in [9.17, 15) is 0 Å². The first-order chi connectivity index (χ1) is 9.20. The van der Waals surface area contributed by atoms with Gasteiger partial charge < -0.3 is 50.3 Å². The summed E-state index contributed by atoms with van der Waals surface area (Å²) in [6.07, 6.45) is -5.62. The van der Waals surface area contributed by atoms with Crippen LogP contribution in [0, 0.1) is 0 Å². The second-order valence-electron chi connectivity index (χ2n) is 4.82. The van der Waals surface area contributed by atoms with Gasteiger partial charge >= 0.3 is 0 Å². The SMILES string of the molecule is OCC1(O)CO[C@@H](O)[C@@H]1O.OCC1(O)CO[C@@H](O)[C@@H]1O. The third kappa shape index (κ3) is 3.43. The van der Waals surface area contributed by atoms with E-state index in [2.05, 4.69) is 9.47 Å². The summed E-state index contributed by atoms with van der Waals surface area (Å²) in [6.45, 7) is -1.73. The molecule has 0 amide bonds. The highest BCUT2D eigenvalue weighted by molar-refractivity contribution is 4.93. The normalized spacial score (nSPS) is 48.0. The van der Waals surface area contributed by atoms with E-state index in [1.54, 1.807) is 0 Å². The summed E-state index contributed by atoms with van der Waals surface area (Å²) >= 11 is 0. The van der Waals surface area contributed by atoms with Gasteiger partial charge in [-0.15, -0.1) is 0 Å². The van der Waals surface area contributed by atoms with E-state index in [-0.39, 0.29) is 13.2 Å². The maximum atomic E-state index is 9.15. The molecule has 0 aromatic heterocycles. The van der Waals surface area contributed by atoms with E-state index < -0.39 is 49.2 Å². The number of ether oxygens (including phenoxy) is 2. The summed E-state index contributed by atoms with van der Waals surface area (Å²) in [6, 6.07) is 0. The van der Waals surface area contributed by atoms with Gasteiger partial charge in [0, 0.05) is 0 Å². The fourth-order valence-electron chi connectivity index (χ4n) is 1.62. The molecular formula is C10H20O10. The van der Waals surface area contributed by atoms with Crippen molar-refractivity contribution in [2.75, 3.05) is 26.4 Å². The molecule has 0 bridgehead atoms. The first-order valence-corrected chi connectivity index (χ1v) is 5.82. The zero-order chi connectivity index (χ0) is 15.6. The summed E-state index contributed by atoms with van der Waals surface area (Å²) in [5, 5.41) is 70.6. The van der Waals surface area contributed by atoms with Crippen LogP contribution in [-0.2, 0) is 9.47 Å². The molecule has 2 rings (SSSR count). The second kappa shape index (κ2) is 6.58. The van der Waals surface area contributed by atoms with Crippen molar-refractivity contribution >= 4 is 0 Å². The largest absolute Gasteiger partial charge is 0.393 e. The summed E-state index contributed by atoms with van der Waals surface area (Å²) in [4.78, 5) is 0. The summed E-state index contributed by atoms with van der Waals surface area (Å²) in [7, 11) is 0. The zero-order valence-corrected chi connectivity index (χ0v) is 10.5. The van der Waals surface area contributed by atoms with Gasteiger partial charge in [-0.2, -0.15) is 0 Å². The molecule has 2 aliphatic rings. The van der Waals surface area contributed by atoms with Crippen LogP contribution in [0.2, 0.25) is 0 Å². The molecular weight excluding hydrogens is 280 g/mol. The van der Waals surface area contributed by atoms with Crippen molar-refractivity contribution in [1.82, 2.24) is 0 Å². The van der Waals surface area contributed by atoms with Crippen LogP contribution in [0.5, 0.6) is 0 Å². The van der Waals surface area contributed by atoms with Gasteiger partial charge in [-0.1, -0.05) is 0 Å². The Hall–Kier alpha value is -0.400. The van der Waals surface area contributed by atoms with Crippen LogP contribution in [0.1, 0.15) is 0 Å². The number of hydrogen-bond acceptors (Lipinski definition) is 10. The monoisotopic (exact) mass is 300 g/mol. The minimum absolute atomic E-state index is 0.244. The van der Waals surface area contributed by atoms with Crippen molar-refractivity contribution in [2.45, 2.75) is 36.0 Å². The quantitative estimate of drug-likeness (QED) is 0.245. The van der Waals surface area contributed by atoms with Crippen LogP contribution in [-0.4, -0.2) is 103 Å². The Balaban J connectivity index is 0.000000200. The minimum Gasteiger partial charge on any atom is -0.393 e. The second-order valence-corrected chi connectivity index (χ2v) is 4.82. The molecule has 8 N–H and O–H groups in total. The molecule has 0 saturated carbocycles. The smallest absolute Gasteiger partial charge is 0.184 e. The molecule has 10 heteroatoms. The molecule has 2 heterocycles. The average Bonchev–Trinajstić information content (AvgIpc) is 2.86. The molecule has 20 heavy (non-hydrogen) atoms. The van der Waals surface area contributed by atoms with Crippen molar-refractivity contribution in [2.24, 2.45) is 0 Å². The third-order valence-corrected chi connectivity index (χ3v) is 3.20. The first-order valence-electron chi connectivity index (χ1n) is 5.82. The lowest BCUT2D eigenvalue weighted by Gasteiger charge is -2.21. The number of rotatable bonds is 2. The van der Waals surface area contributed by atoms with Crippen molar-refractivity contribution in [1.29, 1.82) is 0 Å². The molecule has 0 spiro atoms. The van der Waals surface area contributed by atoms with E-state index >= 15 is 0 Å². The van der Waals surface area contributed by atoms with Crippen molar-refractivity contribution in [3.8, 4) is 0 Å². The Morgan fingerprint density at radius 2 is 1.05 bits per heavy atom. The van der Waals surface area contributed by atoms with Crippen molar-refractivity contribution < 1.29 is 50.3 Å². The van der Waals surface area contributed by atoms with Gasteiger partial charge in [0.05, 0.1) is 26.4 Å². The number of aliphatic hydroxyl groups is 8. The van der Waals surface area contributed by atoms with Gasteiger partial charge in [-0.25, -0.2) is 0 Å². The molecule has 120 valence electrons. The van der Waals surface area contributed by atoms with Gasteiger partial charge in [-0.05, 0) is 0 Å². The topological polar surface area (TPSA) is 180 Å². The summed E-state index contributed by atoms with van der Waals surface area (Å²) in [5.74, 6) is 0. The van der Waals surface area contributed by atoms with E-state index in [0.717, 1.165) is 0 Å². The summed E-state index contributed by atoms with van der Waals surface area (Å²) in [5.41, 5.74) is -3.39. The Kier molecular flexibility index (Phi) is 5.80. The molecule has 2 saturated heterocycles. The van der Waals surface area contributed by atoms with Crippen molar-refractivity contribution in [3.05, 3.63) is 0 Å². The molecule has 2 unspecified atom stereocenters. The zero-order valence-electron chi connectivity index (χ0n) is 10.5. The highest BCUT2D eigenvalue weighted by atomic mass is 16.6. The van der Waals surface area contributed by atoms with Crippen molar-refractivity contribution in [3.63, 3.8) is 0 Å². The standard InChI is InChI=1S/2C5H10O5/c2*6-1-5(9)2-10-4(8)3(5)7/h2*3-4,6-9H,1-2H2/t2*3-,4+,5?/m00/s1. The molecule has 2 fully saturated rings. The van der Waals surface area contributed by atoms with E-state index in [0.29, 0.717) is 0 Å². The fraction of sp³-hybridized carbons (Fsp3) is 1.00. The number of hydrogen-bond donors (Lipinski definition) is 8. The molecule has 0 radical (unpaired) electrons. The lowest BCUT2D eigenvalue weighted by atomic mass is 10.0. The Morgan fingerprint density at radius 1 is 0.750 bits per heavy atom. The average molecular weight is 300 g/mol. The molecule has 0 aromatic carbocycles. The maximum absolute atomic E-state index is 9.15. The molecule has 10 nitrogen and oxygen atoms in total. The fourth-order valence-corrected chi connectivity index (χ4v) is 1.62. The van der Waals surface area contributed by atoms with Gasteiger partial charge in [0.1, 0.15) is 23.4 Å². The lowest BCUT2D eigenvalue weighted by Crippen LogP contribution is -2.46. The molecule has 0 aromatic rings. The first kappa shape index (κ1) is 17.7. The number of aliphatic hydroxyl groups excluding tert-OH is 6. The van der Waals surface area contributed by atoms with Gasteiger partial charge in [0.25, 0.3) is 0 Å². The Morgan fingerprint density at radius 3 is 1.15 bits per heavy atom. The predicted molar refractivity (Wildman–Crippen MR) is 60.0 cm³/mol. The van der Waals surface area contributed by atoms with E-state index in [1.165, 1.54) is 0 Å². The van der Waals surface area contributed by atoms with Crippen LogP contribution in [0.15, 0.2) is 0 Å². The highest BCUT2D eigenvalue weighted by Gasteiger charge is 2.47. The molecule has 6 atom stereocenters. The summed E-state index contributed by atoms with van der Waals surface area (Å²) < 4.78 is 8.93. The third-order valence-electron chi connectivity index (χ3n) is 3.20. The lowest BCUT2D eigenvalue weighted by molar-refractivity contribution is -0.128. The minimum atomic E-state index is -1.70. The van der Waals surface area contributed by atoms with E-state index in [4.69, 9.17) is 40.9 Å². The van der Waals surface area contributed by atoms with Crippen LogP contribution in [0.3, 0.4) is 0 Å². The molecule has 2 aliphatic heterocycles. The highest BCUT2D eigenvalue weighted by Crippen LogP contribution is 2.23. The van der Waals surface area contributed by atoms with Gasteiger partial charge in [0.15, 0.2) is 12.6 Å². The molecule has 0 aliphatic carbocycles.